The first-order chi connectivity index (χ1) is 11.5. The molecule has 0 aliphatic heterocycles. The molecule has 24 heavy (non-hydrogen) atoms. The second kappa shape index (κ2) is 8.81. The van der Waals surface area contributed by atoms with Crippen LogP contribution in [0.3, 0.4) is 0 Å². The van der Waals surface area contributed by atoms with Crippen LogP contribution in [0.4, 0.5) is 5.69 Å². The van der Waals surface area contributed by atoms with Crippen molar-refractivity contribution in [2.45, 2.75) is 33.2 Å². The fourth-order valence-corrected chi connectivity index (χ4v) is 3.46. The summed E-state index contributed by atoms with van der Waals surface area (Å²) in [5, 5.41) is 5.18. The summed E-state index contributed by atoms with van der Waals surface area (Å²) in [7, 11) is 0. The van der Waals surface area contributed by atoms with Crippen LogP contribution in [0.5, 0.6) is 0 Å². The van der Waals surface area contributed by atoms with Crippen LogP contribution in [0.15, 0.2) is 48.4 Å². The summed E-state index contributed by atoms with van der Waals surface area (Å²) in [6.07, 6.45) is 1.84. The number of hydrogen-bond acceptors (Lipinski definition) is 3. The number of nitrogens with one attached hydrogen (secondary N) is 1. The molecule has 3 nitrogen and oxygen atoms in total. The molecule has 1 N–H and O–H groups in total. The molecule has 128 valence electrons. The van der Waals surface area contributed by atoms with Gasteiger partial charge in [-0.2, -0.15) is 0 Å². The van der Waals surface area contributed by atoms with Crippen LogP contribution in [0.1, 0.15) is 35.8 Å². The van der Waals surface area contributed by atoms with Crippen LogP contribution in [0.25, 0.3) is 0 Å². The van der Waals surface area contributed by atoms with Crippen LogP contribution >= 0.6 is 11.3 Å². The number of carbonyl (C=O) groups excluding carboxylic acids is 1. The average molecular weight is 343 g/mol. The van der Waals surface area contributed by atoms with E-state index in [0.717, 1.165) is 17.8 Å². The van der Waals surface area contributed by atoms with E-state index in [1.807, 2.05) is 31.2 Å². The molecule has 0 fully saturated rings. The van der Waals surface area contributed by atoms with Gasteiger partial charge in [-0.25, -0.2) is 0 Å². The fraction of sp³-hybridized carbons (Fsp3) is 0.350. The van der Waals surface area contributed by atoms with Gasteiger partial charge in [0.05, 0.1) is 6.54 Å². The maximum atomic E-state index is 12.6. The third-order valence-electron chi connectivity index (χ3n) is 3.91. The molecule has 0 saturated carbocycles. The number of thiophene rings is 1. The van der Waals surface area contributed by atoms with Gasteiger partial charge < -0.3 is 5.32 Å². The zero-order valence-corrected chi connectivity index (χ0v) is 15.5. The average Bonchev–Trinajstić information content (AvgIpc) is 3.02. The Kier molecular flexibility index (Phi) is 6.76. The monoisotopic (exact) mass is 342 g/mol. The van der Waals surface area contributed by atoms with Crippen LogP contribution in [0, 0.1) is 6.92 Å². The molecule has 1 aromatic heterocycles. The van der Waals surface area contributed by atoms with Crippen molar-refractivity contribution in [1.29, 1.82) is 0 Å². The Hall–Kier alpha value is -1.91. The van der Waals surface area contributed by atoms with Crippen LogP contribution in [-0.2, 0) is 11.3 Å². The maximum absolute atomic E-state index is 12.6. The van der Waals surface area contributed by atoms with E-state index in [1.165, 1.54) is 10.4 Å². The Morgan fingerprint density at radius 3 is 2.75 bits per heavy atom. The second-order valence-corrected chi connectivity index (χ2v) is 7.31. The van der Waals surface area contributed by atoms with E-state index in [0.29, 0.717) is 19.0 Å². The van der Waals surface area contributed by atoms with Gasteiger partial charge in [0, 0.05) is 23.7 Å². The first kappa shape index (κ1) is 18.4. The predicted octanol–water partition coefficient (Wildman–Crippen LogP) is 4.81. The summed E-state index contributed by atoms with van der Waals surface area (Å²) in [6.45, 7) is 11.9. The molecule has 4 heteroatoms. The lowest BCUT2D eigenvalue weighted by Gasteiger charge is -2.21. The number of benzene rings is 1. The van der Waals surface area contributed by atoms with Crippen LogP contribution in [0.2, 0.25) is 0 Å². The Bertz CT molecular complexity index is 677. The summed E-state index contributed by atoms with van der Waals surface area (Å²) in [4.78, 5) is 15.9. The van der Waals surface area contributed by atoms with Crippen molar-refractivity contribution in [2.75, 3.05) is 18.4 Å². The molecule has 0 spiro atoms. The van der Waals surface area contributed by atoms with Gasteiger partial charge in [-0.1, -0.05) is 44.2 Å². The van der Waals surface area contributed by atoms with Gasteiger partial charge in [-0.05, 0) is 35.4 Å². The minimum atomic E-state index is 0.0182. The Morgan fingerprint density at radius 1 is 1.33 bits per heavy atom. The number of para-hydroxylation sites is 1. The molecule has 0 saturated heterocycles. The second-order valence-electron chi connectivity index (χ2n) is 6.28. The van der Waals surface area contributed by atoms with Crippen LogP contribution in [-0.4, -0.2) is 23.9 Å². The summed E-state index contributed by atoms with van der Waals surface area (Å²) in [5.41, 5.74) is 3.23. The van der Waals surface area contributed by atoms with Crippen molar-refractivity contribution < 1.29 is 4.79 Å². The zero-order valence-electron chi connectivity index (χ0n) is 14.7. The van der Waals surface area contributed by atoms with E-state index in [-0.39, 0.29) is 5.91 Å². The molecule has 0 atom stereocenters. The number of nitrogens with zero attached hydrogens (tertiary/aromatic N) is 1. The Labute approximate surface area is 149 Å². The summed E-state index contributed by atoms with van der Waals surface area (Å²) < 4.78 is 0. The Balaban J connectivity index is 2.07. The van der Waals surface area contributed by atoms with Crippen LogP contribution < -0.4 is 5.32 Å². The van der Waals surface area contributed by atoms with Crippen molar-refractivity contribution in [3.05, 3.63) is 64.4 Å². The van der Waals surface area contributed by atoms with Crippen molar-refractivity contribution in [2.24, 2.45) is 0 Å². The number of carbonyl (C=O) groups is 1. The highest BCUT2D eigenvalue weighted by molar-refractivity contribution is 7.09. The standard InChI is InChI=1S/C20H26N2OS/c1-5-11-22(13-17-9-7-12-24-17)14-19(23)21-20-16(4)8-6-10-18(20)15(2)3/h5-10,12,15H,1,11,13-14H2,2-4H3,(H,21,23). The topological polar surface area (TPSA) is 32.3 Å². The molecule has 1 aromatic carbocycles. The molecular formula is C20H26N2OS. The predicted molar refractivity (Wildman–Crippen MR) is 104 cm³/mol. The van der Waals surface area contributed by atoms with Gasteiger partial charge in [0.25, 0.3) is 0 Å². The molecule has 0 radical (unpaired) electrons. The quantitative estimate of drug-likeness (QED) is 0.699. The normalized spacial score (nSPS) is 11.0. The molecule has 1 heterocycles. The lowest BCUT2D eigenvalue weighted by atomic mass is 9.98. The van der Waals surface area contributed by atoms with E-state index in [9.17, 15) is 4.79 Å². The zero-order chi connectivity index (χ0) is 17.5. The molecule has 0 unspecified atom stereocenters. The van der Waals surface area contributed by atoms with Gasteiger partial charge in [0.15, 0.2) is 0 Å². The number of rotatable bonds is 8. The van der Waals surface area contributed by atoms with Gasteiger partial charge >= 0.3 is 0 Å². The molecule has 2 aromatic rings. The minimum absolute atomic E-state index is 0.0182. The molecule has 2 rings (SSSR count). The summed E-state index contributed by atoms with van der Waals surface area (Å²) >= 11 is 1.71. The number of anilines is 1. The number of aryl methyl sites for hydroxylation is 1. The fourth-order valence-electron chi connectivity index (χ4n) is 2.71. The van der Waals surface area contributed by atoms with Gasteiger partial charge in [-0.15, -0.1) is 17.9 Å². The maximum Gasteiger partial charge on any atom is 0.238 e. The number of amides is 1. The van der Waals surface area contributed by atoms with E-state index in [4.69, 9.17) is 0 Å². The molecule has 0 aliphatic carbocycles. The third-order valence-corrected chi connectivity index (χ3v) is 4.77. The van der Waals surface area contributed by atoms with E-state index >= 15 is 0 Å². The molecular weight excluding hydrogens is 316 g/mol. The van der Waals surface area contributed by atoms with E-state index in [1.54, 1.807) is 11.3 Å². The van der Waals surface area contributed by atoms with Crippen molar-refractivity contribution in [3.63, 3.8) is 0 Å². The lowest BCUT2D eigenvalue weighted by Crippen LogP contribution is -2.33. The van der Waals surface area contributed by atoms with E-state index in [2.05, 4.69) is 48.2 Å². The largest absolute Gasteiger partial charge is 0.324 e. The Morgan fingerprint density at radius 2 is 2.12 bits per heavy atom. The smallest absolute Gasteiger partial charge is 0.238 e. The molecule has 0 aliphatic rings. The molecule has 0 bridgehead atoms. The first-order valence-electron chi connectivity index (χ1n) is 8.26. The lowest BCUT2D eigenvalue weighted by molar-refractivity contribution is -0.117. The SMILES string of the molecule is C=CCN(CC(=O)Nc1c(C)cccc1C(C)C)Cc1cccs1. The minimum Gasteiger partial charge on any atom is -0.324 e. The highest BCUT2D eigenvalue weighted by Gasteiger charge is 2.15. The van der Waals surface area contributed by atoms with Crippen molar-refractivity contribution in [1.82, 2.24) is 4.90 Å². The first-order valence-corrected chi connectivity index (χ1v) is 9.14. The van der Waals surface area contributed by atoms with Crippen molar-refractivity contribution in [3.8, 4) is 0 Å². The van der Waals surface area contributed by atoms with Gasteiger partial charge in [-0.3, -0.25) is 9.69 Å². The highest BCUT2D eigenvalue weighted by Crippen LogP contribution is 2.27. The van der Waals surface area contributed by atoms with Gasteiger partial charge in [0.1, 0.15) is 0 Å². The highest BCUT2D eigenvalue weighted by atomic mass is 32.1. The molecule has 1 amide bonds. The summed E-state index contributed by atoms with van der Waals surface area (Å²) in [6, 6.07) is 10.3. The summed E-state index contributed by atoms with van der Waals surface area (Å²) in [5.74, 6) is 0.389. The third kappa shape index (κ3) is 5.05. The van der Waals surface area contributed by atoms with Crippen molar-refractivity contribution >= 4 is 22.9 Å². The van der Waals surface area contributed by atoms with E-state index < -0.39 is 0 Å². The van der Waals surface area contributed by atoms with Gasteiger partial charge in [0.2, 0.25) is 5.91 Å². The number of hydrogen-bond donors (Lipinski definition) is 1.